The molecule has 4 rings (SSSR count). The summed E-state index contributed by atoms with van der Waals surface area (Å²) in [6, 6.07) is 11.2. The average molecular weight is 442 g/mol. The third-order valence-electron chi connectivity index (χ3n) is 6.44. The number of piperidine rings is 1. The van der Waals surface area contributed by atoms with Gasteiger partial charge in [0.05, 0.1) is 23.6 Å². The molecule has 2 aliphatic rings. The number of ether oxygens (including phenoxy) is 2. The molecule has 0 unspecified atom stereocenters. The van der Waals surface area contributed by atoms with E-state index in [1.807, 2.05) is 49.1 Å². The van der Waals surface area contributed by atoms with E-state index < -0.39 is 5.60 Å². The lowest BCUT2D eigenvalue weighted by atomic mass is 9.81. The number of carbonyl (C=O) groups is 2. The summed E-state index contributed by atoms with van der Waals surface area (Å²) in [5.41, 5.74) is 2.34. The Bertz CT molecular complexity index is 995. The van der Waals surface area contributed by atoms with Crippen molar-refractivity contribution >= 4 is 23.3 Å². The van der Waals surface area contributed by atoms with E-state index in [4.69, 9.17) is 21.1 Å². The normalized spacial score (nSPS) is 17.3. The maximum Gasteiger partial charge on any atom is 0.222 e. The zero-order chi connectivity index (χ0) is 22.0. The number of hydrogen-bond acceptors (Lipinski definition) is 4. The highest BCUT2D eigenvalue weighted by Gasteiger charge is 2.44. The van der Waals surface area contributed by atoms with E-state index in [0.29, 0.717) is 68.1 Å². The quantitative estimate of drug-likeness (QED) is 0.602. The van der Waals surface area contributed by atoms with Gasteiger partial charge in [-0.25, -0.2) is 0 Å². The Balaban J connectivity index is 1.29. The van der Waals surface area contributed by atoms with Gasteiger partial charge in [0.2, 0.25) is 5.91 Å². The molecule has 0 bridgehead atoms. The number of nitrogens with zero attached hydrogens (tertiary/aromatic N) is 1. The molecular formula is C25H28ClNO4. The van der Waals surface area contributed by atoms with Gasteiger partial charge in [0.1, 0.15) is 17.1 Å². The lowest BCUT2D eigenvalue weighted by molar-refractivity contribution is -0.135. The Hall–Kier alpha value is -2.53. The van der Waals surface area contributed by atoms with Gasteiger partial charge in [-0.05, 0) is 49.6 Å². The summed E-state index contributed by atoms with van der Waals surface area (Å²) in [4.78, 5) is 27.3. The number of amides is 1. The summed E-state index contributed by atoms with van der Waals surface area (Å²) < 4.78 is 12.1. The minimum Gasteiger partial charge on any atom is -0.492 e. The van der Waals surface area contributed by atoms with Gasteiger partial charge in [-0.1, -0.05) is 29.8 Å². The van der Waals surface area contributed by atoms with Crippen molar-refractivity contribution in [1.82, 2.24) is 4.90 Å². The van der Waals surface area contributed by atoms with E-state index in [-0.39, 0.29) is 11.7 Å². The fourth-order valence-corrected chi connectivity index (χ4v) is 4.54. The number of carbonyl (C=O) groups excluding carboxylic acids is 2. The van der Waals surface area contributed by atoms with Crippen LogP contribution in [0.15, 0.2) is 36.4 Å². The van der Waals surface area contributed by atoms with Gasteiger partial charge in [-0.15, -0.1) is 0 Å². The van der Waals surface area contributed by atoms with Crippen molar-refractivity contribution in [2.75, 3.05) is 19.7 Å². The second-order valence-electron chi connectivity index (χ2n) is 8.53. The van der Waals surface area contributed by atoms with E-state index in [0.717, 1.165) is 16.9 Å². The minimum atomic E-state index is -0.493. The van der Waals surface area contributed by atoms with Crippen LogP contribution in [0.3, 0.4) is 0 Å². The zero-order valence-electron chi connectivity index (χ0n) is 18.1. The highest BCUT2D eigenvalue weighted by atomic mass is 35.5. The molecule has 31 heavy (non-hydrogen) atoms. The van der Waals surface area contributed by atoms with Gasteiger partial charge >= 0.3 is 0 Å². The van der Waals surface area contributed by atoms with Gasteiger partial charge in [0.25, 0.3) is 0 Å². The monoisotopic (exact) mass is 441 g/mol. The Kier molecular flexibility index (Phi) is 6.24. The van der Waals surface area contributed by atoms with Gasteiger partial charge in [-0.3, -0.25) is 9.59 Å². The zero-order valence-corrected chi connectivity index (χ0v) is 18.8. The molecule has 0 atom stereocenters. The molecule has 0 radical (unpaired) electrons. The Morgan fingerprint density at radius 1 is 1.16 bits per heavy atom. The number of hydrogen-bond donors (Lipinski definition) is 0. The highest BCUT2D eigenvalue weighted by molar-refractivity contribution is 6.32. The van der Waals surface area contributed by atoms with Gasteiger partial charge in [-0.2, -0.15) is 0 Å². The van der Waals surface area contributed by atoms with Crippen molar-refractivity contribution < 1.29 is 19.1 Å². The van der Waals surface area contributed by atoms with Crippen LogP contribution in [0.4, 0.5) is 0 Å². The van der Waals surface area contributed by atoms with Crippen LogP contribution in [0.25, 0.3) is 0 Å². The van der Waals surface area contributed by atoms with Crippen molar-refractivity contribution in [3.8, 4) is 11.5 Å². The molecule has 1 spiro atoms. The van der Waals surface area contributed by atoms with Gasteiger partial charge in [0, 0.05) is 32.4 Å². The SMILES string of the molecule is Cc1ccc2c(c1C)OC1(CCN(C(=O)CCCOc3ccccc3Cl)CC1)CC2=O. The number of Topliss-reactive ketones (excluding diaryl/α,β-unsaturated/α-hetero) is 1. The molecule has 2 aliphatic heterocycles. The number of para-hydroxylation sites is 1. The molecule has 1 saturated heterocycles. The van der Waals surface area contributed by atoms with Crippen LogP contribution in [0.2, 0.25) is 5.02 Å². The fourth-order valence-electron chi connectivity index (χ4n) is 4.35. The van der Waals surface area contributed by atoms with Crippen molar-refractivity contribution in [1.29, 1.82) is 0 Å². The first-order valence-electron chi connectivity index (χ1n) is 10.9. The number of aryl methyl sites for hydroxylation is 1. The number of likely N-dealkylation sites (tertiary alicyclic amines) is 1. The standard InChI is InChI=1S/C25H28ClNO4/c1-17-9-10-19-21(28)16-25(31-24(19)18(17)2)11-13-27(14-12-25)23(29)8-5-15-30-22-7-4-3-6-20(22)26/h3-4,6-7,9-10H,5,8,11-16H2,1-2H3. The second kappa shape index (κ2) is 8.91. The molecule has 1 fully saturated rings. The Morgan fingerprint density at radius 3 is 2.65 bits per heavy atom. The Labute approximate surface area is 188 Å². The van der Waals surface area contributed by atoms with Crippen LogP contribution in [0.5, 0.6) is 11.5 Å². The summed E-state index contributed by atoms with van der Waals surface area (Å²) in [6.45, 7) is 5.70. The van der Waals surface area contributed by atoms with Gasteiger partial charge < -0.3 is 14.4 Å². The first-order chi connectivity index (χ1) is 14.9. The summed E-state index contributed by atoms with van der Waals surface area (Å²) >= 11 is 6.08. The van der Waals surface area contributed by atoms with E-state index in [1.54, 1.807) is 6.07 Å². The molecular weight excluding hydrogens is 414 g/mol. The number of halogens is 1. The third kappa shape index (κ3) is 4.57. The molecule has 2 aromatic rings. The highest BCUT2D eigenvalue weighted by Crippen LogP contribution is 2.41. The summed E-state index contributed by atoms with van der Waals surface area (Å²) in [7, 11) is 0. The lowest BCUT2D eigenvalue weighted by Gasteiger charge is -2.44. The Morgan fingerprint density at radius 2 is 1.90 bits per heavy atom. The number of fused-ring (bicyclic) bond motifs is 1. The number of ketones is 1. The predicted molar refractivity (Wildman–Crippen MR) is 120 cm³/mol. The largest absolute Gasteiger partial charge is 0.492 e. The molecule has 2 heterocycles. The predicted octanol–water partition coefficient (Wildman–Crippen LogP) is 5.14. The third-order valence-corrected chi connectivity index (χ3v) is 6.75. The van der Waals surface area contributed by atoms with Crippen molar-refractivity contribution in [3.63, 3.8) is 0 Å². The summed E-state index contributed by atoms with van der Waals surface area (Å²) in [5.74, 6) is 1.63. The maximum absolute atomic E-state index is 12.8. The first kappa shape index (κ1) is 21.7. The van der Waals surface area contributed by atoms with Crippen LogP contribution in [-0.4, -0.2) is 41.9 Å². The molecule has 0 aromatic heterocycles. The van der Waals surface area contributed by atoms with E-state index in [2.05, 4.69) is 0 Å². The summed E-state index contributed by atoms with van der Waals surface area (Å²) in [6.07, 6.45) is 2.79. The van der Waals surface area contributed by atoms with Crippen LogP contribution < -0.4 is 9.47 Å². The molecule has 1 amide bonds. The van der Waals surface area contributed by atoms with Gasteiger partial charge in [0.15, 0.2) is 5.78 Å². The van der Waals surface area contributed by atoms with Crippen LogP contribution in [0, 0.1) is 13.8 Å². The number of rotatable bonds is 5. The fraction of sp³-hybridized carbons (Fsp3) is 0.440. The molecule has 5 nitrogen and oxygen atoms in total. The maximum atomic E-state index is 12.8. The smallest absolute Gasteiger partial charge is 0.222 e. The lowest BCUT2D eigenvalue weighted by Crippen LogP contribution is -2.52. The molecule has 0 saturated carbocycles. The molecule has 0 N–H and O–H groups in total. The molecule has 164 valence electrons. The second-order valence-corrected chi connectivity index (χ2v) is 8.94. The minimum absolute atomic E-state index is 0.118. The molecule has 2 aromatic carbocycles. The van der Waals surface area contributed by atoms with Crippen LogP contribution in [0.1, 0.15) is 53.6 Å². The van der Waals surface area contributed by atoms with E-state index in [9.17, 15) is 9.59 Å². The van der Waals surface area contributed by atoms with Crippen molar-refractivity contribution in [2.24, 2.45) is 0 Å². The van der Waals surface area contributed by atoms with Crippen LogP contribution in [-0.2, 0) is 4.79 Å². The van der Waals surface area contributed by atoms with Crippen LogP contribution >= 0.6 is 11.6 Å². The topological polar surface area (TPSA) is 55.8 Å². The summed E-state index contributed by atoms with van der Waals surface area (Å²) in [5, 5.41) is 0.573. The molecule has 0 aliphatic carbocycles. The van der Waals surface area contributed by atoms with Crippen molar-refractivity contribution in [2.45, 2.75) is 51.6 Å². The average Bonchev–Trinajstić information content (AvgIpc) is 2.76. The molecule has 6 heteroatoms. The number of benzene rings is 2. The van der Waals surface area contributed by atoms with Crippen molar-refractivity contribution in [3.05, 3.63) is 58.1 Å². The van der Waals surface area contributed by atoms with E-state index in [1.165, 1.54) is 0 Å². The van der Waals surface area contributed by atoms with E-state index >= 15 is 0 Å². The first-order valence-corrected chi connectivity index (χ1v) is 11.2.